The van der Waals surface area contributed by atoms with Gasteiger partial charge in [-0.05, 0) is 43.3 Å². The van der Waals surface area contributed by atoms with Crippen molar-refractivity contribution in [3.8, 4) is 5.75 Å². The molecule has 1 heterocycles. The zero-order valence-electron chi connectivity index (χ0n) is 12.5. The molecular weight excluding hydrogens is 334 g/mol. The highest BCUT2D eigenvalue weighted by Crippen LogP contribution is 2.28. The maximum Gasteiger partial charge on any atom is 0.323 e. The van der Waals surface area contributed by atoms with Gasteiger partial charge >= 0.3 is 6.03 Å². The molecule has 0 aliphatic heterocycles. The van der Waals surface area contributed by atoms with E-state index >= 15 is 0 Å². The Hall–Kier alpha value is -2.31. The molecule has 0 saturated carbocycles. The zero-order chi connectivity index (χ0) is 16.4. The third-order valence-corrected chi connectivity index (χ3v) is 4.33. The van der Waals surface area contributed by atoms with E-state index in [1.807, 2.05) is 25.1 Å². The molecule has 0 bridgehead atoms. The normalized spacial score (nSPS) is 10.6. The van der Waals surface area contributed by atoms with Gasteiger partial charge in [0, 0.05) is 10.7 Å². The molecular formula is C16H14ClN3O2S. The molecule has 0 unspecified atom stereocenters. The first kappa shape index (κ1) is 15.6. The third-order valence-electron chi connectivity index (χ3n) is 3.16. The van der Waals surface area contributed by atoms with E-state index in [9.17, 15) is 4.79 Å². The number of aryl methyl sites for hydroxylation is 1. The van der Waals surface area contributed by atoms with Crippen molar-refractivity contribution in [2.75, 3.05) is 17.7 Å². The largest absolute Gasteiger partial charge is 0.495 e. The van der Waals surface area contributed by atoms with Gasteiger partial charge in [-0.25, -0.2) is 9.78 Å². The van der Waals surface area contributed by atoms with Gasteiger partial charge in [0.05, 0.1) is 28.0 Å². The number of amides is 2. The van der Waals surface area contributed by atoms with Crippen molar-refractivity contribution in [2.24, 2.45) is 0 Å². The van der Waals surface area contributed by atoms with Crippen molar-refractivity contribution in [2.45, 2.75) is 6.92 Å². The van der Waals surface area contributed by atoms with Crippen molar-refractivity contribution in [1.29, 1.82) is 0 Å². The Balaban J connectivity index is 1.76. The van der Waals surface area contributed by atoms with Crippen molar-refractivity contribution in [1.82, 2.24) is 4.98 Å². The molecule has 2 amide bonds. The van der Waals surface area contributed by atoms with Crippen LogP contribution in [0.4, 0.5) is 16.2 Å². The maximum absolute atomic E-state index is 12.2. The number of carbonyl (C=O) groups is 1. The minimum absolute atomic E-state index is 0.369. The number of thiazole rings is 1. The predicted octanol–water partition coefficient (Wildman–Crippen LogP) is 4.91. The monoisotopic (exact) mass is 347 g/mol. The fourth-order valence-electron chi connectivity index (χ4n) is 2.18. The number of halogens is 1. The van der Waals surface area contributed by atoms with Gasteiger partial charge in [0.25, 0.3) is 0 Å². The number of rotatable bonds is 3. The van der Waals surface area contributed by atoms with E-state index in [4.69, 9.17) is 16.3 Å². The summed E-state index contributed by atoms with van der Waals surface area (Å²) < 4.78 is 6.23. The molecule has 0 radical (unpaired) electrons. The first-order valence-corrected chi connectivity index (χ1v) is 8.03. The molecule has 2 aromatic carbocycles. The van der Waals surface area contributed by atoms with E-state index in [1.165, 1.54) is 7.11 Å². The Morgan fingerprint density at radius 2 is 2.04 bits per heavy atom. The Labute approximate surface area is 142 Å². The Morgan fingerprint density at radius 1 is 1.22 bits per heavy atom. The predicted molar refractivity (Wildman–Crippen MR) is 95.0 cm³/mol. The molecule has 5 nitrogen and oxygen atoms in total. The van der Waals surface area contributed by atoms with Gasteiger partial charge in [-0.15, -0.1) is 11.3 Å². The zero-order valence-corrected chi connectivity index (χ0v) is 14.1. The number of fused-ring (bicyclic) bond motifs is 1. The second kappa shape index (κ2) is 6.44. The van der Waals surface area contributed by atoms with E-state index in [2.05, 4.69) is 15.6 Å². The smallest absolute Gasteiger partial charge is 0.323 e. The van der Waals surface area contributed by atoms with Crippen molar-refractivity contribution >= 4 is 50.6 Å². The number of hydrogen-bond donors (Lipinski definition) is 2. The molecule has 0 fully saturated rings. The Morgan fingerprint density at radius 3 is 2.83 bits per heavy atom. The van der Waals surface area contributed by atoms with Crippen LogP contribution in [0, 0.1) is 6.92 Å². The van der Waals surface area contributed by atoms with Gasteiger partial charge in [-0.2, -0.15) is 0 Å². The van der Waals surface area contributed by atoms with Gasteiger partial charge < -0.3 is 15.4 Å². The van der Waals surface area contributed by atoms with E-state index in [0.29, 0.717) is 22.1 Å². The second-order valence-electron chi connectivity index (χ2n) is 4.84. The summed E-state index contributed by atoms with van der Waals surface area (Å²) in [5.74, 6) is 0.540. The molecule has 0 saturated heterocycles. The highest BCUT2D eigenvalue weighted by molar-refractivity contribution is 7.18. The number of ether oxygens (including phenoxy) is 1. The van der Waals surface area contributed by atoms with Crippen LogP contribution in [0.5, 0.6) is 5.75 Å². The average molecular weight is 348 g/mol. The number of nitrogens with one attached hydrogen (secondary N) is 2. The van der Waals surface area contributed by atoms with Gasteiger partial charge in [0.2, 0.25) is 0 Å². The van der Waals surface area contributed by atoms with E-state index in [0.717, 1.165) is 15.2 Å². The topological polar surface area (TPSA) is 63.2 Å². The van der Waals surface area contributed by atoms with Crippen LogP contribution >= 0.6 is 22.9 Å². The summed E-state index contributed by atoms with van der Waals surface area (Å²) in [5.41, 5.74) is 2.13. The lowest BCUT2D eigenvalue weighted by atomic mass is 10.3. The van der Waals surface area contributed by atoms with Crippen molar-refractivity contribution in [3.63, 3.8) is 0 Å². The molecule has 0 atom stereocenters. The molecule has 3 aromatic rings. The molecule has 3 rings (SSSR count). The fourth-order valence-corrected chi connectivity index (χ4v) is 3.22. The van der Waals surface area contributed by atoms with Crippen molar-refractivity contribution in [3.05, 3.63) is 46.4 Å². The van der Waals surface area contributed by atoms with E-state index < -0.39 is 0 Å². The summed E-state index contributed by atoms with van der Waals surface area (Å²) in [6, 6.07) is 10.3. The molecule has 0 aliphatic rings. The third kappa shape index (κ3) is 3.55. The first-order chi connectivity index (χ1) is 11.0. The molecule has 0 aliphatic carbocycles. The molecule has 23 heavy (non-hydrogen) atoms. The summed E-state index contributed by atoms with van der Waals surface area (Å²) >= 11 is 7.54. The highest BCUT2D eigenvalue weighted by Gasteiger charge is 2.09. The average Bonchev–Trinajstić information content (AvgIpc) is 2.86. The number of nitrogens with zero attached hydrogens (tertiary/aromatic N) is 1. The quantitative estimate of drug-likeness (QED) is 0.707. The second-order valence-corrected chi connectivity index (χ2v) is 6.51. The fraction of sp³-hybridized carbons (Fsp3) is 0.125. The SMILES string of the molecule is COc1ccc(Cl)cc1NC(=O)Nc1ccc2nc(C)sc2c1. The summed E-state index contributed by atoms with van der Waals surface area (Å²) in [4.78, 5) is 16.6. The lowest BCUT2D eigenvalue weighted by Gasteiger charge is -2.11. The maximum atomic E-state index is 12.2. The van der Waals surface area contributed by atoms with Crippen LogP contribution in [0.2, 0.25) is 5.02 Å². The Kier molecular flexibility index (Phi) is 4.36. The molecule has 7 heteroatoms. The number of benzene rings is 2. The lowest BCUT2D eigenvalue weighted by molar-refractivity contribution is 0.262. The van der Waals surface area contributed by atoms with E-state index in [1.54, 1.807) is 29.5 Å². The number of methoxy groups -OCH3 is 1. The molecule has 1 aromatic heterocycles. The van der Waals surface area contributed by atoms with E-state index in [-0.39, 0.29) is 6.03 Å². The van der Waals surface area contributed by atoms with Crippen LogP contribution in [0.25, 0.3) is 10.2 Å². The first-order valence-electron chi connectivity index (χ1n) is 6.84. The number of aromatic nitrogens is 1. The van der Waals surface area contributed by atoms with Gasteiger partial charge in [-0.1, -0.05) is 11.6 Å². The van der Waals surface area contributed by atoms with Crippen LogP contribution in [-0.4, -0.2) is 18.1 Å². The van der Waals surface area contributed by atoms with Crippen LogP contribution in [0.1, 0.15) is 5.01 Å². The lowest BCUT2D eigenvalue weighted by Crippen LogP contribution is -2.19. The van der Waals surface area contributed by atoms with Gasteiger partial charge in [0.1, 0.15) is 5.75 Å². The summed E-state index contributed by atoms with van der Waals surface area (Å²) in [7, 11) is 1.53. The van der Waals surface area contributed by atoms with Crippen LogP contribution < -0.4 is 15.4 Å². The Bertz CT molecular complexity index is 879. The molecule has 0 spiro atoms. The van der Waals surface area contributed by atoms with Crippen molar-refractivity contribution < 1.29 is 9.53 Å². The van der Waals surface area contributed by atoms with Gasteiger partial charge in [-0.3, -0.25) is 0 Å². The summed E-state index contributed by atoms with van der Waals surface area (Å²) in [5, 5.41) is 7.03. The molecule has 2 N–H and O–H groups in total. The summed E-state index contributed by atoms with van der Waals surface area (Å²) in [6.45, 7) is 1.95. The number of urea groups is 1. The van der Waals surface area contributed by atoms with Crippen LogP contribution in [-0.2, 0) is 0 Å². The van der Waals surface area contributed by atoms with Gasteiger partial charge in [0.15, 0.2) is 0 Å². The standard InChI is InChI=1S/C16H14ClN3O2S/c1-9-18-12-5-4-11(8-15(12)23-9)19-16(21)20-13-7-10(17)3-6-14(13)22-2/h3-8H,1-2H3,(H2,19,20,21). The minimum Gasteiger partial charge on any atom is -0.495 e. The minimum atomic E-state index is -0.369. The number of anilines is 2. The van der Waals surface area contributed by atoms with Crippen LogP contribution in [0.3, 0.4) is 0 Å². The number of hydrogen-bond acceptors (Lipinski definition) is 4. The molecule has 118 valence electrons. The highest BCUT2D eigenvalue weighted by atomic mass is 35.5. The number of carbonyl (C=O) groups excluding carboxylic acids is 1. The summed E-state index contributed by atoms with van der Waals surface area (Å²) in [6.07, 6.45) is 0. The van der Waals surface area contributed by atoms with Crippen LogP contribution in [0.15, 0.2) is 36.4 Å².